The Balaban J connectivity index is 2.02. The van der Waals surface area contributed by atoms with Crippen molar-refractivity contribution in [1.29, 1.82) is 0 Å². The molecule has 5 heteroatoms. The first-order valence-corrected chi connectivity index (χ1v) is 5.64. The van der Waals surface area contributed by atoms with E-state index in [1.165, 1.54) is 0 Å². The predicted molar refractivity (Wildman–Crippen MR) is 71.9 cm³/mol. The van der Waals surface area contributed by atoms with Gasteiger partial charge < -0.3 is 10.5 Å². The van der Waals surface area contributed by atoms with Gasteiger partial charge in [-0.15, -0.1) is 4.91 Å². The van der Waals surface area contributed by atoms with Gasteiger partial charge in [-0.1, -0.05) is 18.2 Å². The number of esters is 1. The molecule has 0 bridgehead atoms. The molecule has 0 aliphatic heterocycles. The van der Waals surface area contributed by atoms with Gasteiger partial charge in [0.25, 0.3) is 0 Å². The van der Waals surface area contributed by atoms with Crippen LogP contribution in [0.2, 0.25) is 0 Å². The maximum absolute atomic E-state index is 11.8. The van der Waals surface area contributed by atoms with E-state index in [-0.39, 0.29) is 6.61 Å². The molecule has 0 spiro atoms. The van der Waals surface area contributed by atoms with Crippen LogP contribution in [0.4, 0.5) is 11.4 Å². The number of nitrogens with two attached hydrogens (primary N) is 1. The number of hydrogen-bond acceptors (Lipinski definition) is 5. The SMILES string of the molecule is Nc1cccc(C(=O)OCc2cccc(N=O)c2)c1. The van der Waals surface area contributed by atoms with Crippen LogP contribution in [0.25, 0.3) is 0 Å². The van der Waals surface area contributed by atoms with Gasteiger partial charge in [0.2, 0.25) is 0 Å². The summed E-state index contributed by atoms with van der Waals surface area (Å²) in [6.07, 6.45) is 0. The summed E-state index contributed by atoms with van der Waals surface area (Å²) in [7, 11) is 0. The molecule has 0 aliphatic carbocycles. The number of ether oxygens (including phenoxy) is 1. The zero-order valence-corrected chi connectivity index (χ0v) is 10.1. The molecule has 2 aromatic carbocycles. The number of anilines is 1. The first-order valence-electron chi connectivity index (χ1n) is 5.64. The molecular weight excluding hydrogens is 244 g/mol. The molecule has 0 heterocycles. The van der Waals surface area contributed by atoms with Crippen LogP contribution >= 0.6 is 0 Å². The van der Waals surface area contributed by atoms with Crippen LogP contribution in [0.5, 0.6) is 0 Å². The number of carbonyl (C=O) groups excluding carboxylic acids is 1. The maximum Gasteiger partial charge on any atom is 0.338 e. The molecular formula is C14H12N2O3. The molecule has 2 N–H and O–H groups in total. The molecule has 0 aliphatic rings. The molecule has 2 aromatic rings. The molecule has 5 nitrogen and oxygen atoms in total. The van der Waals surface area contributed by atoms with Crippen molar-refractivity contribution in [2.75, 3.05) is 5.73 Å². The summed E-state index contributed by atoms with van der Waals surface area (Å²) in [6.45, 7) is 0.0803. The minimum atomic E-state index is -0.461. The average molecular weight is 256 g/mol. The van der Waals surface area contributed by atoms with Crippen molar-refractivity contribution < 1.29 is 9.53 Å². The zero-order chi connectivity index (χ0) is 13.7. The normalized spacial score (nSPS) is 9.89. The van der Waals surface area contributed by atoms with Crippen LogP contribution in [0, 0.1) is 4.91 Å². The van der Waals surface area contributed by atoms with Crippen molar-refractivity contribution in [3.63, 3.8) is 0 Å². The summed E-state index contributed by atoms with van der Waals surface area (Å²) in [6, 6.07) is 13.1. The molecule has 96 valence electrons. The van der Waals surface area contributed by atoms with Crippen LogP contribution < -0.4 is 5.73 Å². The number of benzene rings is 2. The van der Waals surface area contributed by atoms with Gasteiger partial charge in [-0.2, -0.15) is 0 Å². The minimum absolute atomic E-state index is 0.0803. The Bertz CT molecular complexity index is 611. The van der Waals surface area contributed by atoms with Gasteiger partial charge in [0.1, 0.15) is 12.3 Å². The lowest BCUT2D eigenvalue weighted by molar-refractivity contribution is 0.0473. The molecule has 0 aromatic heterocycles. The summed E-state index contributed by atoms with van der Waals surface area (Å²) in [5.74, 6) is -0.461. The highest BCUT2D eigenvalue weighted by atomic mass is 16.5. The lowest BCUT2D eigenvalue weighted by Crippen LogP contribution is -2.05. The first-order chi connectivity index (χ1) is 9.19. The Labute approximate surface area is 110 Å². The van der Waals surface area contributed by atoms with Gasteiger partial charge in [-0.25, -0.2) is 4.79 Å². The number of carbonyl (C=O) groups is 1. The quantitative estimate of drug-likeness (QED) is 0.518. The predicted octanol–water partition coefficient (Wildman–Crippen LogP) is 3.02. The summed E-state index contributed by atoms with van der Waals surface area (Å²) in [5.41, 5.74) is 7.49. The van der Waals surface area contributed by atoms with Crippen LogP contribution in [0.15, 0.2) is 53.7 Å². The Morgan fingerprint density at radius 1 is 1.16 bits per heavy atom. The van der Waals surface area contributed by atoms with Crippen molar-refractivity contribution in [3.8, 4) is 0 Å². The summed E-state index contributed by atoms with van der Waals surface area (Å²) in [4.78, 5) is 22.1. The second-order valence-corrected chi connectivity index (χ2v) is 3.96. The van der Waals surface area contributed by atoms with Gasteiger partial charge in [0.15, 0.2) is 0 Å². The highest BCUT2D eigenvalue weighted by Gasteiger charge is 2.07. The smallest absolute Gasteiger partial charge is 0.338 e. The van der Waals surface area contributed by atoms with E-state index in [2.05, 4.69) is 5.18 Å². The molecule has 0 saturated heterocycles. The molecule has 0 saturated carbocycles. The van der Waals surface area contributed by atoms with Gasteiger partial charge in [-0.05, 0) is 41.1 Å². The van der Waals surface area contributed by atoms with Gasteiger partial charge >= 0.3 is 5.97 Å². The standard InChI is InChI=1S/C14H12N2O3/c15-12-5-2-4-11(8-12)14(17)19-9-10-3-1-6-13(7-10)16-18/h1-8H,9,15H2. The molecule has 0 radical (unpaired) electrons. The van der Waals surface area contributed by atoms with E-state index >= 15 is 0 Å². The summed E-state index contributed by atoms with van der Waals surface area (Å²) < 4.78 is 5.13. The van der Waals surface area contributed by atoms with Crippen LogP contribution in [0.3, 0.4) is 0 Å². The average Bonchev–Trinajstić information content (AvgIpc) is 2.45. The Kier molecular flexibility index (Phi) is 3.87. The monoisotopic (exact) mass is 256 g/mol. The van der Waals surface area contributed by atoms with E-state index < -0.39 is 5.97 Å². The van der Waals surface area contributed by atoms with Crippen molar-refractivity contribution in [1.82, 2.24) is 0 Å². The lowest BCUT2D eigenvalue weighted by Gasteiger charge is -2.05. The van der Waals surface area contributed by atoms with Crippen molar-refractivity contribution in [3.05, 3.63) is 64.6 Å². The largest absolute Gasteiger partial charge is 0.457 e. The van der Waals surface area contributed by atoms with E-state index in [4.69, 9.17) is 10.5 Å². The van der Waals surface area contributed by atoms with E-state index in [0.717, 1.165) is 0 Å². The number of rotatable bonds is 4. The van der Waals surface area contributed by atoms with E-state index in [0.29, 0.717) is 22.5 Å². The van der Waals surface area contributed by atoms with Crippen LogP contribution in [-0.4, -0.2) is 5.97 Å². The number of hydrogen-bond donors (Lipinski definition) is 1. The third kappa shape index (κ3) is 3.38. The second kappa shape index (κ2) is 5.77. The highest BCUT2D eigenvalue weighted by Crippen LogP contribution is 2.15. The topological polar surface area (TPSA) is 81.8 Å². The van der Waals surface area contributed by atoms with Gasteiger partial charge in [0, 0.05) is 5.69 Å². The zero-order valence-electron chi connectivity index (χ0n) is 10.1. The summed E-state index contributed by atoms with van der Waals surface area (Å²) >= 11 is 0. The highest BCUT2D eigenvalue weighted by molar-refractivity contribution is 5.90. The fourth-order valence-corrected chi connectivity index (χ4v) is 1.60. The molecule has 0 fully saturated rings. The molecule has 2 rings (SSSR count). The Hall–Kier alpha value is -2.69. The van der Waals surface area contributed by atoms with E-state index in [9.17, 15) is 9.70 Å². The first kappa shape index (κ1) is 12.8. The number of nitrogens with zero attached hydrogens (tertiary/aromatic N) is 1. The molecule has 19 heavy (non-hydrogen) atoms. The van der Waals surface area contributed by atoms with E-state index in [1.807, 2.05) is 0 Å². The molecule has 0 unspecified atom stereocenters. The maximum atomic E-state index is 11.8. The Morgan fingerprint density at radius 2 is 1.95 bits per heavy atom. The third-order valence-electron chi connectivity index (χ3n) is 2.51. The fraction of sp³-hybridized carbons (Fsp3) is 0.0714. The van der Waals surface area contributed by atoms with Crippen molar-refractivity contribution >= 4 is 17.3 Å². The van der Waals surface area contributed by atoms with Gasteiger partial charge in [0.05, 0.1) is 5.56 Å². The number of nitrogen functional groups attached to an aromatic ring is 1. The fourth-order valence-electron chi connectivity index (χ4n) is 1.60. The summed E-state index contributed by atoms with van der Waals surface area (Å²) in [5, 5.41) is 2.82. The second-order valence-electron chi connectivity index (χ2n) is 3.96. The molecule has 0 atom stereocenters. The van der Waals surface area contributed by atoms with E-state index in [1.54, 1.807) is 48.5 Å². The Morgan fingerprint density at radius 3 is 2.68 bits per heavy atom. The molecule has 0 amide bonds. The van der Waals surface area contributed by atoms with Crippen molar-refractivity contribution in [2.24, 2.45) is 5.18 Å². The van der Waals surface area contributed by atoms with Crippen LogP contribution in [-0.2, 0) is 11.3 Å². The van der Waals surface area contributed by atoms with Gasteiger partial charge in [-0.3, -0.25) is 0 Å². The van der Waals surface area contributed by atoms with Crippen LogP contribution in [0.1, 0.15) is 15.9 Å². The van der Waals surface area contributed by atoms with Crippen molar-refractivity contribution in [2.45, 2.75) is 6.61 Å². The minimum Gasteiger partial charge on any atom is -0.457 e. The third-order valence-corrected chi connectivity index (χ3v) is 2.51. The lowest BCUT2D eigenvalue weighted by atomic mass is 10.2. The number of nitroso groups, excluding NO2 is 1.